The predicted molar refractivity (Wildman–Crippen MR) is 112 cm³/mol. The maximum absolute atomic E-state index is 11.9. The number of thioether (sulfide) groups is 1. The molecule has 26 heavy (non-hydrogen) atoms. The maximum atomic E-state index is 11.9. The highest BCUT2D eigenvalue weighted by atomic mass is 32.2. The summed E-state index contributed by atoms with van der Waals surface area (Å²) in [5, 5.41) is 9.52. The molecule has 2 aliphatic heterocycles. The van der Waals surface area contributed by atoms with Gasteiger partial charge < -0.3 is 16.0 Å². The van der Waals surface area contributed by atoms with E-state index in [1.165, 1.54) is 19.3 Å². The van der Waals surface area contributed by atoms with E-state index in [-0.39, 0.29) is 25.4 Å². The van der Waals surface area contributed by atoms with E-state index >= 15 is 0 Å². The van der Waals surface area contributed by atoms with Crippen LogP contribution in [-0.2, 0) is 4.79 Å². The van der Waals surface area contributed by atoms with Crippen LogP contribution in [0, 0.1) is 5.41 Å². The van der Waals surface area contributed by atoms with Crippen molar-refractivity contribution < 1.29 is 9.59 Å². The number of nitrogens with one attached hydrogen (secondary N) is 3. The number of unbranched alkanes of at least 4 members (excludes halogenated alkanes) is 3. The molecule has 3 N–H and O–H groups in total. The van der Waals surface area contributed by atoms with Gasteiger partial charge in [0.2, 0.25) is 5.91 Å². The fraction of sp³-hybridized carbons (Fsp3) is 0.900. The van der Waals surface area contributed by atoms with Crippen molar-refractivity contribution in [2.75, 3.05) is 12.3 Å². The third-order valence-corrected chi connectivity index (χ3v) is 6.51. The van der Waals surface area contributed by atoms with Gasteiger partial charge >= 0.3 is 6.03 Å². The zero-order valence-electron chi connectivity index (χ0n) is 16.0. The quantitative estimate of drug-likeness (QED) is 0.392. The summed E-state index contributed by atoms with van der Waals surface area (Å²) in [4.78, 5) is 23.2. The predicted octanol–water partition coefficient (Wildman–Crippen LogP) is 4.07. The van der Waals surface area contributed by atoms with E-state index in [4.69, 9.17) is 0 Å². The van der Waals surface area contributed by atoms with E-state index in [0.717, 1.165) is 38.0 Å². The molecule has 2 fully saturated rings. The second kappa shape index (κ2) is 11.1. The van der Waals surface area contributed by atoms with Crippen LogP contribution in [0.1, 0.15) is 79.6 Å². The van der Waals surface area contributed by atoms with Crippen molar-refractivity contribution in [1.82, 2.24) is 16.0 Å². The van der Waals surface area contributed by atoms with Gasteiger partial charge in [-0.15, -0.1) is 0 Å². The highest BCUT2D eigenvalue weighted by Gasteiger charge is 2.42. The highest BCUT2D eigenvalue weighted by molar-refractivity contribution is 8.00. The summed E-state index contributed by atoms with van der Waals surface area (Å²) in [5.74, 6) is 1.19. The molecule has 152 valence electrons. The van der Waals surface area contributed by atoms with E-state index in [2.05, 4.69) is 36.7 Å². The Bertz CT molecular complexity index is 451. The molecule has 2 rings (SSSR count). The van der Waals surface area contributed by atoms with Gasteiger partial charge in [-0.2, -0.15) is 11.8 Å². The molecule has 3 atom stereocenters. The molecule has 0 saturated carbocycles. The lowest BCUT2D eigenvalue weighted by atomic mass is 9.89. The monoisotopic (exact) mass is 385 g/mol. The molecule has 5 nitrogen and oxygen atoms in total. The number of fused-ring (bicyclic) bond motifs is 1. The fourth-order valence-corrected chi connectivity index (χ4v) is 5.09. The second-order valence-corrected chi connectivity index (χ2v) is 9.86. The Labute approximate surface area is 164 Å². The molecular weight excluding hydrogens is 346 g/mol. The van der Waals surface area contributed by atoms with Gasteiger partial charge in [0.05, 0.1) is 12.1 Å². The van der Waals surface area contributed by atoms with Crippen molar-refractivity contribution in [3.63, 3.8) is 0 Å². The average molecular weight is 386 g/mol. The Morgan fingerprint density at radius 1 is 1.15 bits per heavy atom. The first-order chi connectivity index (χ1) is 11.8. The van der Waals surface area contributed by atoms with Crippen molar-refractivity contribution in [3.05, 3.63) is 0 Å². The number of rotatable bonds is 10. The molecule has 2 heterocycles. The van der Waals surface area contributed by atoms with Gasteiger partial charge in [-0.1, -0.05) is 47.5 Å². The largest absolute Gasteiger partial charge is 0.356 e. The molecule has 0 radical (unpaired) electrons. The van der Waals surface area contributed by atoms with E-state index in [9.17, 15) is 9.59 Å². The van der Waals surface area contributed by atoms with Crippen LogP contribution in [0.25, 0.3) is 0 Å². The summed E-state index contributed by atoms with van der Waals surface area (Å²) in [6.07, 6.45) is 8.45. The van der Waals surface area contributed by atoms with Crippen LogP contribution >= 0.6 is 11.8 Å². The molecule has 0 aromatic carbocycles. The average Bonchev–Trinajstić information content (AvgIpc) is 3.06. The third kappa shape index (κ3) is 8.19. The van der Waals surface area contributed by atoms with Gasteiger partial charge in [-0.05, 0) is 31.1 Å². The number of amides is 3. The number of urea groups is 1. The Balaban J connectivity index is 0.00000338. The summed E-state index contributed by atoms with van der Waals surface area (Å²) < 4.78 is 0. The van der Waals surface area contributed by atoms with Gasteiger partial charge in [0.15, 0.2) is 0 Å². The van der Waals surface area contributed by atoms with Gasteiger partial charge in [0.1, 0.15) is 0 Å². The molecule has 0 bridgehead atoms. The molecule has 0 spiro atoms. The maximum Gasteiger partial charge on any atom is 0.315 e. The number of hydrogen-bond acceptors (Lipinski definition) is 3. The van der Waals surface area contributed by atoms with Crippen LogP contribution in [0.4, 0.5) is 4.79 Å². The summed E-state index contributed by atoms with van der Waals surface area (Å²) in [6, 6.07) is 0.547. The van der Waals surface area contributed by atoms with Crippen LogP contribution in [0.3, 0.4) is 0 Å². The second-order valence-electron chi connectivity index (χ2n) is 8.59. The smallest absolute Gasteiger partial charge is 0.315 e. The van der Waals surface area contributed by atoms with Crippen molar-refractivity contribution in [2.24, 2.45) is 5.41 Å². The van der Waals surface area contributed by atoms with E-state index < -0.39 is 0 Å². The van der Waals surface area contributed by atoms with Crippen molar-refractivity contribution in [3.8, 4) is 0 Å². The fourth-order valence-electron chi connectivity index (χ4n) is 3.55. The lowest BCUT2D eigenvalue weighted by Gasteiger charge is -2.17. The van der Waals surface area contributed by atoms with Gasteiger partial charge in [-0.3, -0.25) is 4.79 Å². The number of carbonyl (C=O) groups excluding carboxylic acids is 2. The normalized spacial score (nSPS) is 24.4. The standard InChI is InChI=1S/C19H35N3O2S.CH4/c1-19(2,3)11-7-4-8-12-20-16(23)10-6-5-9-15-17-14(13-25-15)21-18(24)22-17;/h14-15,17H,4-13H2,1-3H3,(H,20,23)(H2,21,22,24);1H4/t14?,15-,17?;/m0./s1. The van der Waals surface area contributed by atoms with E-state index in [1.807, 2.05) is 11.8 Å². The van der Waals surface area contributed by atoms with Gasteiger partial charge in [-0.25, -0.2) is 4.79 Å². The minimum atomic E-state index is -0.0258. The molecule has 2 unspecified atom stereocenters. The van der Waals surface area contributed by atoms with Crippen LogP contribution in [0.15, 0.2) is 0 Å². The zero-order chi connectivity index (χ0) is 18.3. The lowest BCUT2D eigenvalue weighted by Crippen LogP contribution is -2.36. The molecular formula is C20H39N3O2S. The molecule has 0 aromatic heterocycles. The molecule has 2 aliphatic rings. The first-order valence-corrected chi connectivity index (χ1v) is 10.9. The van der Waals surface area contributed by atoms with Crippen molar-refractivity contribution in [1.29, 1.82) is 0 Å². The van der Waals surface area contributed by atoms with Crippen LogP contribution in [0.5, 0.6) is 0 Å². The lowest BCUT2D eigenvalue weighted by molar-refractivity contribution is -0.121. The zero-order valence-corrected chi connectivity index (χ0v) is 16.8. The van der Waals surface area contributed by atoms with E-state index in [1.54, 1.807) is 0 Å². The topological polar surface area (TPSA) is 70.2 Å². The summed E-state index contributed by atoms with van der Waals surface area (Å²) in [7, 11) is 0. The molecule has 0 aromatic rings. The third-order valence-electron chi connectivity index (χ3n) is 5.01. The Morgan fingerprint density at radius 3 is 2.65 bits per heavy atom. The molecule has 6 heteroatoms. The Morgan fingerprint density at radius 2 is 1.92 bits per heavy atom. The van der Waals surface area contributed by atoms with E-state index in [0.29, 0.717) is 23.1 Å². The van der Waals surface area contributed by atoms with Crippen molar-refractivity contribution >= 4 is 23.7 Å². The number of hydrogen-bond donors (Lipinski definition) is 3. The first kappa shape index (κ1) is 23.1. The van der Waals surface area contributed by atoms with Crippen molar-refractivity contribution in [2.45, 2.75) is 96.9 Å². The van der Waals surface area contributed by atoms with Crippen LogP contribution < -0.4 is 16.0 Å². The molecule has 0 aliphatic carbocycles. The minimum Gasteiger partial charge on any atom is -0.356 e. The SMILES string of the molecule is C.CC(C)(C)CCCCCNC(=O)CCCC[C@@H]1SCC2NC(=O)NC21. The van der Waals surface area contributed by atoms with Crippen LogP contribution in [0.2, 0.25) is 0 Å². The highest BCUT2D eigenvalue weighted by Crippen LogP contribution is 2.33. The first-order valence-electron chi connectivity index (χ1n) is 9.80. The van der Waals surface area contributed by atoms with Gasteiger partial charge in [0, 0.05) is 24.0 Å². The van der Waals surface area contributed by atoms with Gasteiger partial charge in [0.25, 0.3) is 0 Å². The van der Waals surface area contributed by atoms with Crippen LogP contribution in [-0.4, -0.2) is 41.6 Å². The molecule has 3 amide bonds. The number of carbonyl (C=O) groups is 2. The Kier molecular flexibility index (Phi) is 9.83. The summed E-state index contributed by atoms with van der Waals surface area (Å²) >= 11 is 1.94. The molecule has 2 saturated heterocycles. The summed E-state index contributed by atoms with van der Waals surface area (Å²) in [6.45, 7) is 7.63. The minimum absolute atomic E-state index is 0. The summed E-state index contributed by atoms with van der Waals surface area (Å²) in [5.41, 5.74) is 0.415. The Hall–Kier alpha value is -0.910.